The summed E-state index contributed by atoms with van der Waals surface area (Å²) in [6, 6.07) is 6.82. The van der Waals surface area contributed by atoms with Crippen LogP contribution in [0.4, 0.5) is 5.69 Å². The summed E-state index contributed by atoms with van der Waals surface area (Å²) in [6.07, 6.45) is 3.63. The van der Waals surface area contributed by atoms with Crippen molar-refractivity contribution in [2.75, 3.05) is 6.54 Å². The van der Waals surface area contributed by atoms with Gasteiger partial charge in [-0.3, -0.25) is 15.0 Å². The molecule has 128 valence electrons. The molecule has 0 atom stereocenters. The highest BCUT2D eigenvalue weighted by molar-refractivity contribution is 5.56. The molecule has 1 heterocycles. The van der Waals surface area contributed by atoms with Gasteiger partial charge < -0.3 is 4.52 Å². The largest absolute Gasteiger partial charge is 0.338 e. The van der Waals surface area contributed by atoms with Crippen molar-refractivity contribution in [2.24, 2.45) is 5.92 Å². The lowest BCUT2D eigenvalue weighted by molar-refractivity contribution is -0.384. The summed E-state index contributed by atoms with van der Waals surface area (Å²) < 4.78 is 5.38. The van der Waals surface area contributed by atoms with Crippen LogP contribution in [0, 0.1) is 16.0 Å². The van der Waals surface area contributed by atoms with Gasteiger partial charge in [0.25, 0.3) is 5.69 Å². The molecule has 3 rings (SSSR count). The number of rotatable bonds is 8. The zero-order chi connectivity index (χ0) is 17.1. The predicted molar refractivity (Wildman–Crippen MR) is 89.3 cm³/mol. The number of benzene rings is 1. The van der Waals surface area contributed by atoms with Gasteiger partial charge in [-0.25, -0.2) is 0 Å². The zero-order valence-corrected chi connectivity index (χ0v) is 14.0. The van der Waals surface area contributed by atoms with E-state index in [9.17, 15) is 10.1 Å². The van der Waals surface area contributed by atoms with Crippen LogP contribution in [-0.2, 0) is 6.54 Å². The molecule has 1 aliphatic carbocycles. The molecule has 7 heteroatoms. The second-order valence-corrected chi connectivity index (χ2v) is 6.70. The fourth-order valence-electron chi connectivity index (χ4n) is 2.60. The molecule has 0 aliphatic heterocycles. The smallest absolute Gasteiger partial charge is 0.269 e. The van der Waals surface area contributed by atoms with Crippen molar-refractivity contribution in [3.05, 3.63) is 40.3 Å². The Kier molecular flexibility index (Phi) is 4.89. The molecule has 0 spiro atoms. The molecular formula is C17H22N4O3. The number of nitrogens with zero attached hydrogens (tertiary/aromatic N) is 4. The highest BCUT2D eigenvalue weighted by Crippen LogP contribution is 2.29. The maximum atomic E-state index is 10.7. The van der Waals surface area contributed by atoms with E-state index < -0.39 is 4.92 Å². The van der Waals surface area contributed by atoms with Crippen LogP contribution in [0.5, 0.6) is 0 Å². The molecule has 24 heavy (non-hydrogen) atoms. The molecule has 1 aliphatic rings. The van der Waals surface area contributed by atoms with Crippen LogP contribution in [-0.4, -0.2) is 32.6 Å². The van der Waals surface area contributed by atoms with E-state index in [4.69, 9.17) is 4.52 Å². The van der Waals surface area contributed by atoms with E-state index in [2.05, 4.69) is 28.9 Å². The van der Waals surface area contributed by atoms with Gasteiger partial charge in [0.1, 0.15) is 0 Å². The van der Waals surface area contributed by atoms with Crippen molar-refractivity contribution >= 4 is 5.69 Å². The van der Waals surface area contributed by atoms with Crippen molar-refractivity contribution in [2.45, 2.75) is 45.7 Å². The highest BCUT2D eigenvalue weighted by atomic mass is 16.6. The van der Waals surface area contributed by atoms with Crippen molar-refractivity contribution < 1.29 is 9.45 Å². The Balaban J connectivity index is 1.66. The van der Waals surface area contributed by atoms with Gasteiger partial charge in [-0.1, -0.05) is 19.0 Å². The third-order valence-electron chi connectivity index (χ3n) is 4.20. The number of nitro benzene ring substituents is 1. The van der Waals surface area contributed by atoms with E-state index >= 15 is 0 Å². The summed E-state index contributed by atoms with van der Waals surface area (Å²) in [5, 5.41) is 14.7. The van der Waals surface area contributed by atoms with Gasteiger partial charge in [0.2, 0.25) is 11.7 Å². The predicted octanol–water partition coefficient (Wildman–Crippen LogP) is 3.66. The Morgan fingerprint density at radius 3 is 2.62 bits per heavy atom. The summed E-state index contributed by atoms with van der Waals surface area (Å²) in [7, 11) is 0. The SMILES string of the molecule is CC(C)CCN(Cc1nc(-c2ccc([N+](=O)[O-])cc2)no1)C1CC1. The van der Waals surface area contributed by atoms with E-state index in [-0.39, 0.29) is 5.69 Å². The average Bonchev–Trinajstić information content (AvgIpc) is 3.30. The molecule has 0 unspecified atom stereocenters. The summed E-state index contributed by atoms with van der Waals surface area (Å²) in [4.78, 5) is 17.1. The van der Waals surface area contributed by atoms with E-state index in [1.165, 1.54) is 25.0 Å². The van der Waals surface area contributed by atoms with Gasteiger partial charge in [-0.05, 0) is 43.9 Å². The third-order valence-corrected chi connectivity index (χ3v) is 4.20. The van der Waals surface area contributed by atoms with Crippen molar-refractivity contribution in [1.82, 2.24) is 15.0 Å². The maximum Gasteiger partial charge on any atom is 0.269 e. The van der Waals surface area contributed by atoms with Gasteiger partial charge in [0.15, 0.2) is 0 Å². The zero-order valence-electron chi connectivity index (χ0n) is 14.0. The minimum atomic E-state index is -0.423. The summed E-state index contributed by atoms with van der Waals surface area (Å²) in [5.74, 6) is 1.74. The van der Waals surface area contributed by atoms with Crippen LogP contribution in [0.1, 0.15) is 39.0 Å². The number of hydrogen-bond donors (Lipinski definition) is 0. The molecule has 0 N–H and O–H groups in total. The molecule has 0 bridgehead atoms. The molecular weight excluding hydrogens is 308 g/mol. The molecule has 1 fully saturated rings. The van der Waals surface area contributed by atoms with E-state index in [1.807, 2.05) is 0 Å². The quantitative estimate of drug-likeness (QED) is 0.542. The first kappa shape index (κ1) is 16.6. The van der Waals surface area contributed by atoms with Crippen molar-refractivity contribution in [3.63, 3.8) is 0 Å². The summed E-state index contributed by atoms with van der Waals surface area (Å²) in [5.41, 5.74) is 0.770. The number of aromatic nitrogens is 2. The lowest BCUT2D eigenvalue weighted by Gasteiger charge is -2.20. The lowest BCUT2D eigenvalue weighted by Crippen LogP contribution is -2.27. The van der Waals surface area contributed by atoms with Gasteiger partial charge in [-0.2, -0.15) is 4.98 Å². The molecule has 1 aromatic heterocycles. The minimum Gasteiger partial charge on any atom is -0.338 e. The Bertz CT molecular complexity index is 692. The number of nitro groups is 1. The molecule has 0 radical (unpaired) electrons. The van der Waals surface area contributed by atoms with Gasteiger partial charge in [-0.15, -0.1) is 0 Å². The van der Waals surface area contributed by atoms with Crippen LogP contribution in [0.3, 0.4) is 0 Å². The van der Waals surface area contributed by atoms with Crippen LogP contribution in [0.25, 0.3) is 11.4 Å². The first-order valence-corrected chi connectivity index (χ1v) is 8.34. The summed E-state index contributed by atoms with van der Waals surface area (Å²) >= 11 is 0. The molecule has 2 aromatic rings. The molecule has 0 saturated heterocycles. The first-order chi connectivity index (χ1) is 11.5. The monoisotopic (exact) mass is 330 g/mol. The minimum absolute atomic E-state index is 0.0519. The Hall–Kier alpha value is -2.28. The van der Waals surface area contributed by atoms with Crippen LogP contribution in [0.15, 0.2) is 28.8 Å². The van der Waals surface area contributed by atoms with E-state index in [0.717, 1.165) is 18.5 Å². The van der Waals surface area contributed by atoms with Crippen LogP contribution >= 0.6 is 0 Å². The Morgan fingerprint density at radius 2 is 2.04 bits per heavy atom. The standard InChI is InChI=1S/C17H22N4O3/c1-12(2)9-10-20(14-7-8-14)11-16-18-17(19-24-16)13-3-5-15(6-4-13)21(22)23/h3-6,12,14H,7-11H2,1-2H3. The van der Waals surface area contributed by atoms with Gasteiger partial charge in [0, 0.05) is 23.7 Å². The second-order valence-electron chi connectivity index (χ2n) is 6.70. The number of hydrogen-bond acceptors (Lipinski definition) is 6. The van der Waals surface area contributed by atoms with Crippen molar-refractivity contribution in [3.8, 4) is 11.4 Å². The molecule has 7 nitrogen and oxygen atoms in total. The highest BCUT2D eigenvalue weighted by Gasteiger charge is 2.30. The molecule has 0 amide bonds. The van der Waals surface area contributed by atoms with Crippen molar-refractivity contribution in [1.29, 1.82) is 0 Å². The summed E-state index contributed by atoms with van der Waals surface area (Å²) in [6.45, 7) is 6.16. The lowest BCUT2D eigenvalue weighted by atomic mass is 10.1. The van der Waals surface area contributed by atoms with Crippen LogP contribution in [0.2, 0.25) is 0 Å². The van der Waals surface area contributed by atoms with E-state index in [1.54, 1.807) is 12.1 Å². The van der Waals surface area contributed by atoms with Crippen LogP contribution < -0.4 is 0 Å². The van der Waals surface area contributed by atoms with Gasteiger partial charge >= 0.3 is 0 Å². The normalized spacial score (nSPS) is 14.5. The molecule has 1 saturated carbocycles. The van der Waals surface area contributed by atoms with Gasteiger partial charge in [0.05, 0.1) is 11.5 Å². The molecule has 1 aromatic carbocycles. The number of non-ortho nitro benzene ring substituents is 1. The maximum absolute atomic E-state index is 10.7. The topological polar surface area (TPSA) is 85.3 Å². The average molecular weight is 330 g/mol. The Labute approximate surface area is 140 Å². The Morgan fingerprint density at radius 1 is 1.33 bits per heavy atom. The first-order valence-electron chi connectivity index (χ1n) is 8.34. The van der Waals surface area contributed by atoms with E-state index in [0.29, 0.717) is 30.2 Å². The third kappa shape index (κ3) is 4.17. The fourth-order valence-corrected chi connectivity index (χ4v) is 2.60. The second kappa shape index (κ2) is 7.09. The fraction of sp³-hybridized carbons (Fsp3) is 0.529.